The van der Waals surface area contributed by atoms with Crippen molar-refractivity contribution < 1.29 is 34.4 Å². The van der Waals surface area contributed by atoms with Crippen molar-refractivity contribution in [2.75, 3.05) is 0 Å². The van der Waals surface area contributed by atoms with E-state index in [9.17, 15) is 25.2 Å². The van der Waals surface area contributed by atoms with Gasteiger partial charge in [-0.15, -0.1) is 0 Å². The average Bonchev–Trinajstić information content (AvgIpc) is 2.61. The second-order valence-electron chi connectivity index (χ2n) is 10.2. The summed E-state index contributed by atoms with van der Waals surface area (Å²) in [5, 5.41) is 40.0. The lowest BCUT2D eigenvalue weighted by Gasteiger charge is -2.45. The molecule has 0 aliphatic carbocycles. The molecule has 0 fully saturated rings. The molecule has 0 aromatic heterocycles. The maximum atomic E-state index is 11.5. The maximum Gasteiger partial charge on any atom is 0.407 e. The van der Waals surface area contributed by atoms with E-state index in [1.54, 1.807) is 12.1 Å². The molecule has 31 heavy (non-hydrogen) atoms. The predicted octanol–water partition coefficient (Wildman–Crippen LogP) is 4.25. The molecular weight excluding hydrogens is 416 g/mol. The fourth-order valence-corrected chi connectivity index (χ4v) is 7.49. The molecule has 0 unspecified atom stereocenters. The molecule has 0 amide bonds. The Morgan fingerprint density at radius 1 is 0.935 bits per heavy atom. The number of phenolic OH excluding ortho intramolecular Hbond substituents is 3. The zero-order valence-electron chi connectivity index (χ0n) is 18.8. The first-order chi connectivity index (χ1) is 14.1. The van der Waals surface area contributed by atoms with Gasteiger partial charge in [-0.05, 0) is 17.7 Å². The van der Waals surface area contributed by atoms with E-state index < -0.39 is 30.8 Å². The summed E-state index contributed by atoms with van der Waals surface area (Å²) in [6.07, 6.45) is -1.65. The van der Waals surface area contributed by atoms with Crippen molar-refractivity contribution in [3.05, 3.63) is 41.5 Å². The molecule has 0 radical (unpaired) electrons. The third kappa shape index (κ3) is 4.20. The fourth-order valence-electron chi connectivity index (χ4n) is 4.14. The van der Waals surface area contributed by atoms with Crippen LogP contribution in [0, 0.1) is 0 Å². The SMILES string of the molecule is CC(C)(C)[Si](O)(Oc1ccc([C@H]2Oc3cc(O)cc(O)c3C[C@@H]2O)cc1O)C(C)(C)C. The van der Waals surface area contributed by atoms with E-state index >= 15 is 0 Å². The van der Waals surface area contributed by atoms with Crippen molar-refractivity contribution in [3.8, 4) is 28.7 Å². The van der Waals surface area contributed by atoms with Gasteiger partial charge in [-0.25, -0.2) is 0 Å². The van der Waals surface area contributed by atoms with Crippen LogP contribution in [0.4, 0.5) is 0 Å². The first-order valence-electron chi connectivity index (χ1n) is 10.3. The van der Waals surface area contributed by atoms with Crippen LogP contribution in [0.15, 0.2) is 30.3 Å². The Balaban J connectivity index is 1.92. The summed E-state index contributed by atoms with van der Waals surface area (Å²) < 4.78 is 11.9. The number of aromatic hydroxyl groups is 3. The molecule has 2 aromatic rings. The summed E-state index contributed by atoms with van der Waals surface area (Å²) in [6, 6.07) is 7.24. The van der Waals surface area contributed by atoms with Gasteiger partial charge in [-0.3, -0.25) is 0 Å². The second kappa shape index (κ2) is 7.61. The summed E-state index contributed by atoms with van der Waals surface area (Å²) in [7, 11) is -3.35. The van der Waals surface area contributed by atoms with Gasteiger partial charge in [-0.2, -0.15) is 0 Å². The molecule has 170 valence electrons. The largest absolute Gasteiger partial charge is 0.517 e. The monoisotopic (exact) mass is 448 g/mol. The third-order valence-corrected chi connectivity index (χ3v) is 10.4. The van der Waals surface area contributed by atoms with Crippen molar-refractivity contribution in [1.82, 2.24) is 0 Å². The minimum Gasteiger partial charge on any atom is -0.517 e. The molecule has 2 aromatic carbocycles. The molecule has 1 aliphatic heterocycles. The molecule has 7 nitrogen and oxygen atoms in total. The number of ether oxygens (including phenoxy) is 1. The van der Waals surface area contributed by atoms with E-state index in [4.69, 9.17) is 9.16 Å². The van der Waals surface area contributed by atoms with Crippen LogP contribution in [0.3, 0.4) is 0 Å². The molecule has 5 N–H and O–H groups in total. The van der Waals surface area contributed by atoms with Crippen molar-refractivity contribution in [2.45, 2.75) is 70.2 Å². The van der Waals surface area contributed by atoms with E-state index in [2.05, 4.69) is 0 Å². The Morgan fingerprint density at radius 2 is 1.55 bits per heavy atom. The molecule has 1 aliphatic rings. The van der Waals surface area contributed by atoms with Gasteiger partial charge >= 0.3 is 8.56 Å². The lowest BCUT2D eigenvalue weighted by Crippen LogP contribution is -2.57. The quantitative estimate of drug-likeness (QED) is 0.445. The zero-order valence-corrected chi connectivity index (χ0v) is 19.8. The van der Waals surface area contributed by atoms with Gasteiger partial charge in [-0.1, -0.05) is 47.6 Å². The second-order valence-corrected chi connectivity index (χ2v) is 14.7. The van der Waals surface area contributed by atoms with Gasteiger partial charge in [0.15, 0.2) is 5.75 Å². The summed E-state index contributed by atoms with van der Waals surface area (Å²) in [6.45, 7) is 11.5. The first-order valence-corrected chi connectivity index (χ1v) is 12.1. The summed E-state index contributed by atoms with van der Waals surface area (Å²) in [5.41, 5.74) is 0.916. The van der Waals surface area contributed by atoms with Gasteiger partial charge < -0.3 is 34.4 Å². The Hall–Kier alpha value is -2.42. The predicted molar refractivity (Wildman–Crippen MR) is 119 cm³/mol. The van der Waals surface area contributed by atoms with Crippen molar-refractivity contribution >= 4 is 8.56 Å². The average molecular weight is 449 g/mol. The maximum absolute atomic E-state index is 11.5. The minimum absolute atomic E-state index is 0.131. The van der Waals surface area contributed by atoms with Gasteiger partial charge in [0.2, 0.25) is 0 Å². The number of aliphatic hydroxyl groups is 1. The number of aliphatic hydroxyl groups excluding tert-OH is 1. The molecule has 0 saturated carbocycles. The van der Waals surface area contributed by atoms with E-state index in [1.165, 1.54) is 18.2 Å². The molecule has 8 heteroatoms. The Bertz CT molecular complexity index is 961. The molecule has 1 heterocycles. The normalized spacial score (nSPS) is 19.5. The Labute approximate surface area is 183 Å². The Kier molecular flexibility index (Phi) is 5.71. The smallest absolute Gasteiger partial charge is 0.407 e. The van der Waals surface area contributed by atoms with Crippen LogP contribution in [0.5, 0.6) is 28.7 Å². The van der Waals surface area contributed by atoms with Crippen LogP contribution < -0.4 is 9.16 Å². The van der Waals surface area contributed by atoms with Gasteiger partial charge in [0, 0.05) is 34.2 Å². The fraction of sp³-hybridized carbons (Fsp3) is 0.478. The van der Waals surface area contributed by atoms with Gasteiger partial charge in [0.1, 0.15) is 29.1 Å². The Morgan fingerprint density at radius 3 is 2.10 bits per heavy atom. The topological polar surface area (TPSA) is 120 Å². The first kappa shape index (κ1) is 23.2. The zero-order chi connectivity index (χ0) is 23.4. The number of hydrogen-bond donors (Lipinski definition) is 5. The van der Waals surface area contributed by atoms with Crippen LogP contribution >= 0.6 is 0 Å². The summed E-state index contributed by atoms with van der Waals surface area (Å²) in [4.78, 5) is 11.5. The van der Waals surface area contributed by atoms with E-state index in [-0.39, 0.29) is 35.2 Å². The van der Waals surface area contributed by atoms with Crippen LogP contribution in [-0.2, 0) is 6.42 Å². The third-order valence-electron chi connectivity index (χ3n) is 5.79. The number of phenols is 3. The van der Waals surface area contributed by atoms with E-state index in [1.807, 2.05) is 41.5 Å². The number of hydrogen-bond acceptors (Lipinski definition) is 7. The number of rotatable bonds is 3. The summed E-state index contributed by atoms with van der Waals surface area (Å²) >= 11 is 0. The number of fused-ring (bicyclic) bond motifs is 1. The molecule has 0 saturated heterocycles. The van der Waals surface area contributed by atoms with Crippen LogP contribution in [0.25, 0.3) is 0 Å². The van der Waals surface area contributed by atoms with E-state index in [0.717, 1.165) is 0 Å². The highest BCUT2D eigenvalue weighted by Gasteiger charge is 2.57. The summed E-state index contributed by atoms with van der Waals surface area (Å²) in [5.74, 6) is -0.0183. The molecular formula is C23H32O7Si. The van der Waals surface area contributed by atoms with Gasteiger partial charge in [0.25, 0.3) is 0 Å². The van der Waals surface area contributed by atoms with Crippen LogP contribution in [0.1, 0.15) is 58.8 Å². The van der Waals surface area contributed by atoms with Crippen molar-refractivity contribution in [1.29, 1.82) is 0 Å². The molecule has 0 bridgehead atoms. The highest BCUT2D eigenvalue weighted by atomic mass is 28.4. The minimum atomic E-state index is -3.35. The number of benzene rings is 2. The van der Waals surface area contributed by atoms with Crippen LogP contribution in [0.2, 0.25) is 10.1 Å². The lowest BCUT2D eigenvalue weighted by atomic mass is 9.94. The van der Waals surface area contributed by atoms with Crippen LogP contribution in [-0.4, -0.2) is 39.9 Å². The highest BCUT2D eigenvalue weighted by molar-refractivity contribution is 6.72. The standard InChI is InChI=1S/C23H32O7Si/c1-22(2,3)31(28,23(4,5)6)30-19-8-7-13(9-17(19)26)21-18(27)12-15-16(25)10-14(24)11-20(15)29-21/h7-11,18,21,24-28H,12H2,1-6H3/t18-,21+/m0/s1. The molecule has 2 atom stereocenters. The molecule has 0 spiro atoms. The van der Waals surface area contributed by atoms with E-state index in [0.29, 0.717) is 11.1 Å². The molecule has 3 rings (SSSR count). The van der Waals surface area contributed by atoms with Crippen molar-refractivity contribution in [2.24, 2.45) is 0 Å². The van der Waals surface area contributed by atoms with Crippen molar-refractivity contribution in [3.63, 3.8) is 0 Å². The van der Waals surface area contributed by atoms with Gasteiger partial charge in [0.05, 0.1) is 6.10 Å². The highest BCUT2D eigenvalue weighted by Crippen LogP contribution is 2.51. The lowest BCUT2D eigenvalue weighted by molar-refractivity contribution is 0.0197.